The number of nitrogens with zero attached hydrogens (tertiary/aromatic N) is 3. The Bertz CT molecular complexity index is 514. The first kappa shape index (κ1) is 14.9. The molecule has 0 aliphatic heterocycles. The minimum atomic E-state index is -0.560. The number of nitrogens with one attached hydrogen (secondary N) is 1. The molecule has 0 amide bonds. The highest BCUT2D eigenvalue weighted by Gasteiger charge is 2.20. The zero-order valence-corrected chi connectivity index (χ0v) is 11.6. The number of pyridine rings is 1. The fraction of sp³-hybridized carbons (Fsp3) is 0.538. The van der Waals surface area contributed by atoms with Crippen molar-refractivity contribution in [2.75, 3.05) is 11.9 Å². The zero-order chi connectivity index (χ0) is 14.6. The lowest BCUT2D eigenvalue weighted by molar-refractivity contribution is -0.385. The van der Waals surface area contributed by atoms with E-state index >= 15 is 0 Å². The second-order valence-electron chi connectivity index (χ2n) is 5.61. The SMILES string of the molecule is CC(CNc1ncc([N+](=O)[O-])cc1C#N)C(C)(C)C. The van der Waals surface area contributed by atoms with Crippen molar-refractivity contribution >= 4 is 11.5 Å². The van der Waals surface area contributed by atoms with Gasteiger partial charge in [-0.25, -0.2) is 4.98 Å². The van der Waals surface area contributed by atoms with Crippen molar-refractivity contribution in [3.63, 3.8) is 0 Å². The third kappa shape index (κ3) is 3.91. The Morgan fingerprint density at radius 3 is 2.68 bits per heavy atom. The molecular formula is C13H18N4O2. The third-order valence-electron chi connectivity index (χ3n) is 3.26. The summed E-state index contributed by atoms with van der Waals surface area (Å²) in [7, 11) is 0. The van der Waals surface area contributed by atoms with Crippen molar-refractivity contribution < 1.29 is 4.92 Å². The van der Waals surface area contributed by atoms with Gasteiger partial charge in [0.05, 0.1) is 4.92 Å². The predicted molar refractivity (Wildman–Crippen MR) is 72.7 cm³/mol. The van der Waals surface area contributed by atoms with Crippen LogP contribution in [0.1, 0.15) is 33.3 Å². The summed E-state index contributed by atoms with van der Waals surface area (Å²) in [6, 6.07) is 3.16. The molecular weight excluding hydrogens is 244 g/mol. The van der Waals surface area contributed by atoms with Gasteiger partial charge in [-0.2, -0.15) is 5.26 Å². The summed E-state index contributed by atoms with van der Waals surface area (Å²) >= 11 is 0. The molecule has 0 bridgehead atoms. The molecule has 0 saturated heterocycles. The maximum Gasteiger partial charge on any atom is 0.289 e. The van der Waals surface area contributed by atoms with Crippen LogP contribution in [0.5, 0.6) is 0 Å². The number of hydrogen-bond acceptors (Lipinski definition) is 5. The van der Waals surface area contributed by atoms with Gasteiger partial charge in [0.2, 0.25) is 0 Å². The van der Waals surface area contributed by atoms with Gasteiger partial charge in [-0.3, -0.25) is 10.1 Å². The first-order valence-electron chi connectivity index (χ1n) is 6.04. The van der Waals surface area contributed by atoms with E-state index in [-0.39, 0.29) is 16.7 Å². The van der Waals surface area contributed by atoms with Crippen molar-refractivity contribution in [1.29, 1.82) is 5.26 Å². The molecule has 0 aliphatic carbocycles. The van der Waals surface area contributed by atoms with Gasteiger partial charge in [0.1, 0.15) is 23.6 Å². The molecule has 0 saturated carbocycles. The quantitative estimate of drug-likeness (QED) is 0.665. The number of nitro groups is 1. The summed E-state index contributed by atoms with van der Waals surface area (Å²) in [4.78, 5) is 14.0. The molecule has 19 heavy (non-hydrogen) atoms. The lowest BCUT2D eigenvalue weighted by atomic mass is 9.82. The average Bonchev–Trinajstić information content (AvgIpc) is 2.34. The highest BCUT2D eigenvalue weighted by Crippen LogP contribution is 2.26. The van der Waals surface area contributed by atoms with Gasteiger partial charge in [0.15, 0.2) is 0 Å². The molecule has 6 heteroatoms. The van der Waals surface area contributed by atoms with E-state index < -0.39 is 4.92 Å². The summed E-state index contributed by atoms with van der Waals surface area (Å²) in [6.07, 6.45) is 1.16. The first-order valence-corrected chi connectivity index (χ1v) is 6.04. The predicted octanol–water partition coefficient (Wildman–Crippen LogP) is 2.96. The Balaban J connectivity index is 2.86. The van der Waals surface area contributed by atoms with Gasteiger partial charge < -0.3 is 5.32 Å². The van der Waals surface area contributed by atoms with Gasteiger partial charge in [0, 0.05) is 12.6 Å². The van der Waals surface area contributed by atoms with E-state index in [0.29, 0.717) is 18.3 Å². The van der Waals surface area contributed by atoms with Gasteiger partial charge in [-0.1, -0.05) is 27.7 Å². The number of hydrogen-bond donors (Lipinski definition) is 1. The van der Waals surface area contributed by atoms with Crippen molar-refractivity contribution in [1.82, 2.24) is 4.98 Å². The Labute approximate surface area is 112 Å². The third-order valence-corrected chi connectivity index (χ3v) is 3.26. The van der Waals surface area contributed by atoms with E-state index in [2.05, 4.69) is 38.0 Å². The van der Waals surface area contributed by atoms with Crippen LogP contribution in [-0.2, 0) is 0 Å². The maximum absolute atomic E-state index is 10.6. The van der Waals surface area contributed by atoms with Crippen LogP contribution in [0.3, 0.4) is 0 Å². The van der Waals surface area contributed by atoms with Crippen LogP contribution in [-0.4, -0.2) is 16.5 Å². The molecule has 0 spiro atoms. The minimum absolute atomic E-state index is 0.139. The number of nitriles is 1. The van der Waals surface area contributed by atoms with Gasteiger partial charge in [0.25, 0.3) is 5.69 Å². The molecule has 0 aliphatic rings. The average molecular weight is 262 g/mol. The molecule has 0 fully saturated rings. The molecule has 102 valence electrons. The van der Waals surface area contributed by atoms with E-state index in [1.165, 1.54) is 6.07 Å². The van der Waals surface area contributed by atoms with E-state index in [1.54, 1.807) is 0 Å². The van der Waals surface area contributed by atoms with Gasteiger partial charge >= 0.3 is 0 Å². The van der Waals surface area contributed by atoms with Gasteiger partial charge in [-0.15, -0.1) is 0 Å². The minimum Gasteiger partial charge on any atom is -0.369 e. The van der Waals surface area contributed by atoms with Crippen molar-refractivity contribution in [2.24, 2.45) is 11.3 Å². The molecule has 1 aromatic rings. The zero-order valence-electron chi connectivity index (χ0n) is 11.6. The summed E-state index contributed by atoms with van der Waals surface area (Å²) in [5.74, 6) is 0.764. The van der Waals surface area contributed by atoms with Gasteiger partial charge in [-0.05, 0) is 11.3 Å². The molecule has 1 rings (SSSR count). The molecule has 6 nitrogen and oxygen atoms in total. The summed E-state index contributed by atoms with van der Waals surface area (Å²) in [6.45, 7) is 9.16. The summed E-state index contributed by atoms with van der Waals surface area (Å²) in [5, 5.41) is 22.7. The lowest BCUT2D eigenvalue weighted by Crippen LogP contribution is -2.25. The molecule has 0 aromatic carbocycles. The summed E-state index contributed by atoms with van der Waals surface area (Å²) < 4.78 is 0. The lowest BCUT2D eigenvalue weighted by Gasteiger charge is -2.27. The van der Waals surface area contributed by atoms with E-state index in [1.807, 2.05) is 6.07 Å². The van der Waals surface area contributed by atoms with E-state index in [9.17, 15) is 10.1 Å². The normalized spacial score (nSPS) is 12.6. The van der Waals surface area contributed by atoms with Crippen molar-refractivity contribution in [2.45, 2.75) is 27.7 Å². The summed E-state index contributed by atoms with van der Waals surface area (Å²) in [5.41, 5.74) is 0.155. The van der Waals surface area contributed by atoms with Crippen LogP contribution in [0.25, 0.3) is 0 Å². The second kappa shape index (κ2) is 5.65. The monoisotopic (exact) mass is 262 g/mol. The molecule has 1 unspecified atom stereocenters. The van der Waals surface area contributed by atoms with Crippen molar-refractivity contribution in [3.05, 3.63) is 27.9 Å². The molecule has 1 N–H and O–H groups in total. The topological polar surface area (TPSA) is 91.8 Å². The Morgan fingerprint density at radius 1 is 1.58 bits per heavy atom. The van der Waals surface area contributed by atoms with Crippen LogP contribution in [0, 0.1) is 32.8 Å². The largest absolute Gasteiger partial charge is 0.369 e. The van der Waals surface area contributed by atoms with Crippen LogP contribution in [0.4, 0.5) is 11.5 Å². The molecule has 1 aromatic heterocycles. The smallest absolute Gasteiger partial charge is 0.289 e. The van der Waals surface area contributed by atoms with Crippen LogP contribution in [0.2, 0.25) is 0 Å². The number of aromatic nitrogens is 1. The van der Waals surface area contributed by atoms with Crippen molar-refractivity contribution in [3.8, 4) is 6.07 Å². The molecule has 0 radical (unpaired) electrons. The Hall–Kier alpha value is -2.16. The fourth-order valence-electron chi connectivity index (χ4n) is 1.34. The maximum atomic E-state index is 10.6. The van der Waals surface area contributed by atoms with E-state index in [0.717, 1.165) is 6.20 Å². The first-order chi connectivity index (χ1) is 8.75. The fourth-order valence-corrected chi connectivity index (χ4v) is 1.34. The highest BCUT2D eigenvalue weighted by molar-refractivity contribution is 5.55. The Kier molecular flexibility index (Phi) is 4.43. The molecule has 1 atom stereocenters. The second-order valence-corrected chi connectivity index (χ2v) is 5.61. The Morgan fingerprint density at radius 2 is 2.21 bits per heavy atom. The highest BCUT2D eigenvalue weighted by atomic mass is 16.6. The van der Waals surface area contributed by atoms with E-state index in [4.69, 9.17) is 5.26 Å². The number of anilines is 1. The van der Waals surface area contributed by atoms with Crippen LogP contribution < -0.4 is 5.32 Å². The standard InChI is InChI=1S/C13H18N4O2/c1-9(13(2,3)4)7-15-12-10(6-14)5-11(8-16-12)17(18)19/h5,8-9H,7H2,1-4H3,(H,15,16). The van der Waals surface area contributed by atoms with Crippen LogP contribution in [0.15, 0.2) is 12.3 Å². The number of rotatable bonds is 4. The van der Waals surface area contributed by atoms with Crippen LogP contribution >= 0.6 is 0 Å². The molecule has 1 heterocycles.